The highest BCUT2D eigenvalue weighted by atomic mass is 31.2. The Morgan fingerprint density at radius 1 is 0.461 bits per heavy atom. The number of ether oxygens (including phenoxy) is 1. The number of allylic oxidation sites excluding steroid dienone is 7. The molecule has 0 aliphatic carbocycles. The first-order valence-electron chi connectivity index (χ1n) is 32.5. The Morgan fingerprint density at radius 3 is 1.24 bits per heavy atom. The first kappa shape index (κ1) is 74.0. The molecule has 0 aliphatic heterocycles. The fourth-order valence-corrected chi connectivity index (χ4v) is 10.2. The van der Waals surface area contributed by atoms with Crippen LogP contribution in [0.2, 0.25) is 0 Å². The van der Waals surface area contributed by atoms with Crippen molar-refractivity contribution in [3.63, 3.8) is 0 Å². The van der Waals surface area contributed by atoms with E-state index in [0.717, 1.165) is 77.0 Å². The number of esters is 1. The van der Waals surface area contributed by atoms with E-state index >= 15 is 0 Å². The predicted molar refractivity (Wildman–Crippen MR) is 328 cm³/mol. The molecule has 9 nitrogen and oxygen atoms in total. The molecule has 0 spiro atoms. The van der Waals surface area contributed by atoms with E-state index in [2.05, 4.69) is 62.5 Å². The van der Waals surface area contributed by atoms with Gasteiger partial charge in [-0.2, -0.15) is 0 Å². The summed E-state index contributed by atoms with van der Waals surface area (Å²) in [4.78, 5) is 37.7. The lowest BCUT2D eigenvalue weighted by Crippen LogP contribution is -2.47. The van der Waals surface area contributed by atoms with Crippen LogP contribution in [0.4, 0.5) is 0 Å². The number of quaternary nitrogens is 1. The van der Waals surface area contributed by atoms with E-state index in [4.69, 9.17) is 13.8 Å². The number of hydrogen-bond acceptors (Lipinski definition) is 6. The van der Waals surface area contributed by atoms with Gasteiger partial charge >= 0.3 is 13.8 Å². The second kappa shape index (κ2) is 56.3. The molecule has 0 fully saturated rings. The van der Waals surface area contributed by atoms with Crippen molar-refractivity contribution in [2.75, 3.05) is 40.9 Å². The molecule has 0 saturated carbocycles. The van der Waals surface area contributed by atoms with Crippen LogP contribution in [-0.2, 0) is 27.9 Å². The van der Waals surface area contributed by atoms with Crippen molar-refractivity contribution >= 4 is 19.7 Å². The fourth-order valence-electron chi connectivity index (χ4n) is 9.44. The lowest BCUT2D eigenvalue weighted by Gasteiger charge is -2.27. The molecular weight excluding hydrogens is 964 g/mol. The Bertz CT molecular complexity index is 1440. The minimum Gasteiger partial charge on any atom is -0.456 e. The molecule has 0 rings (SSSR count). The van der Waals surface area contributed by atoms with E-state index in [0.29, 0.717) is 23.9 Å². The number of likely N-dealkylation sites (N-methyl/N-ethyl adjacent to an activating group) is 1. The maximum absolute atomic E-state index is 13.5. The molecule has 0 radical (unpaired) electrons. The van der Waals surface area contributed by atoms with Gasteiger partial charge in [-0.25, -0.2) is 4.57 Å². The Kier molecular flexibility index (Phi) is 54.7. The molecule has 10 heteroatoms. The Morgan fingerprint density at radius 2 is 0.803 bits per heavy atom. The highest BCUT2D eigenvalue weighted by molar-refractivity contribution is 7.47. The van der Waals surface area contributed by atoms with Crippen LogP contribution in [0.25, 0.3) is 0 Å². The molecule has 0 aromatic rings. The molecule has 0 aliphatic rings. The summed E-state index contributed by atoms with van der Waals surface area (Å²) in [7, 11) is 1.50. The number of carbonyl (C=O) groups excluding carboxylic acids is 2. The van der Waals surface area contributed by atoms with Gasteiger partial charge in [0.05, 0.1) is 33.8 Å². The Labute approximate surface area is 471 Å². The lowest BCUT2D eigenvalue weighted by atomic mass is 10.0. The summed E-state index contributed by atoms with van der Waals surface area (Å²) in [6.07, 6.45) is 69.6. The van der Waals surface area contributed by atoms with Gasteiger partial charge in [0.25, 0.3) is 0 Å². The van der Waals surface area contributed by atoms with Crippen LogP contribution in [0.3, 0.4) is 0 Å². The number of nitrogens with zero attached hydrogens (tertiary/aromatic N) is 1. The molecule has 0 heterocycles. The van der Waals surface area contributed by atoms with Crippen LogP contribution in [0.1, 0.15) is 310 Å². The molecule has 0 saturated heterocycles. The molecule has 3 atom stereocenters. The number of unbranched alkanes of at least 4 members (excludes halogenated alkanes) is 37. The monoisotopic (exact) mass is 1090 g/mol. The maximum Gasteiger partial charge on any atom is 0.472 e. The van der Waals surface area contributed by atoms with Crippen LogP contribution < -0.4 is 5.32 Å². The molecule has 0 aromatic carbocycles. The van der Waals surface area contributed by atoms with Crippen molar-refractivity contribution in [3.05, 3.63) is 48.6 Å². The highest BCUT2D eigenvalue weighted by Gasteiger charge is 2.30. The standard InChI is InChI=1S/C66H125N2O7P/c1-7-10-13-16-19-22-25-28-30-31-32-33-34-35-36-37-39-41-44-47-50-53-56-59-66(70)75-64(57-54-51-48-45-42-27-24-21-18-15-12-9-3)63(62-74-76(71,72)73-61-60-68(4,5)6)67-65(69)58-55-52-49-46-43-40-38-29-26-23-20-17-14-11-8-2/h19,22-23,26,28,30,54,57,63-64H,7-18,20-21,24-25,27,29,31-53,55-56,58-62H2,1-6H3,(H-,67,69,71,72)/p+1/b22-19-,26-23-,30-28-,57-54-. The molecule has 3 unspecified atom stereocenters. The fraction of sp³-hybridized carbons (Fsp3) is 0.848. The first-order chi connectivity index (χ1) is 36.9. The SMILES string of the molecule is CCCCC/C=C\C/C=C\CCCCCCCCCCCCCCCC(=O)OC(/C=C\CCCCCCCCCCCC)C(COP(=O)(O)OCC[N+](C)(C)C)NC(=O)CCCCCCCCC/C=C\CCCCCC. The number of phosphoric ester groups is 1. The predicted octanol–water partition coefficient (Wildman–Crippen LogP) is 20.1. The summed E-state index contributed by atoms with van der Waals surface area (Å²) in [5.74, 6) is -0.501. The topological polar surface area (TPSA) is 111 Å². The van der Waals surface area contributed by atoms with Crippen LogP contribution in [0, 0.1) is 0 Å². The number of phosphoric acid groups is 1. The van der Waals surface area contributed by atoms with Gasteiger partial charge in [-0.1, -0.05) is 256 Å². The van der Waals surface area contributed by atoms with Gasteiger partial charge in [0, 0.05) is 12.8 Å². The Hall–Kier alpha value is -2.03. The number of amides is 1. The largest absolute Gasteiger partial charge is 0.472 e. The summed E-state index contributed by atoms with van der Waals surface area (Å²) < 4.78 is 30.7. The van der Waals surface area contributed by atoms with Gasteiger partial charge in [-0.3, -0.25) is 18.6 Å². The summed E-state index contributed by atoms with van der Waals surface area (Å²) in [6, 6.07) is -0.849. The van der Waals surface area contributed by atoms with Gasteiger partial charge in [-0.15, -0.1) is 0 Å². The number of carbonyl (C=O) groups is 2. The molecule has 0 aromatic heterocycles. The quantitative estimate of drug-likeness (QED) is 0.0205. The summed E-state index contributed by atoms with van der Waals surface area (Å²) in [5.41, 5.74) is 0. The second-order valence-electron chi connectivity index (χ2n) is 23.3. The number of hydrogen-bond donors (Lipinski definition) is 2. The van der Waals surface area contributed by atoms with E-state index < -0.39 is 20.0 Å². The van der Waals surface area contributed by atoms with Crippen LogP contribution >= 0.6 is 7.82 Å². The van der Waals surface area contributed by atoms with Crippen molar-refractivity contribution in [3.8, 4) is 0 Å². The molecule has 2 N–H and O–H groups in total. The van der Waals surface area contributed by atoms with E-state index in [1.165, 1.54) is 199 Å². The lowest BCUT2D eigenvalue weighted by molar-refractivity contribution is -0.870. The van der Waals surface area contributed by atoms with E-state index in [1.807, 2.05) is 33.3 Å². The maximum atomic E-state index is 13.5. The van der Waals surface area contributed by atoms with Crippen molar-refractivity contribution in [1.82, 2.24) is 5.32 Å². The van der Waals surface area contributed by atoms with Gasteiger partial charge in [-0.05, 0) is 89.5 Å². The van der Waals surface area contributed by atoms with Crippen LogP contribution in [0.5, 0.6) is 0 Å². The summed E-state index contributed by atoms with van der Waals surface area (Å²) >= 11 is 0. The van der Waals surface area contributed by atoms with Crippen LogP contribution in [0.15, 0.2) is 48.6 Å². The smallest absolute Gasteiger partial charge is 0.456 e. The molecule has 0 bridgehead atoms. The van der Waals surface area contributed by atoms with Crippen LogP contribution in [-0.4, -0.2) is 74.3 Å². The van der Waals surface area contributed by atoms with E-state index in [9.17, 15) is 19.0 Å². The number of nitrogens with one attached hydrogen (secondary N) is 1. The van der Waals surface area contributed by atoms with Gasteiger partial charge in [0.1, 0.15) is 19.3 Å². The van der Waals surface area contributed by atoms with E-state index in [1.54, 1.807) is 0 Å². The summed E-state index contributed by atoms with van der Waals surface area (Å²) in [5, 5.41) is 3.06. The van der Waals surface area contributed by atoms with Gasteiger partial charge in [0.2, 0.25) is 5.91 Å². The number of rotatable bonds is 59. The highest BCUT2D eigenvalue weighted by Crippen LogP contribution is 2.43. The third-order valence-electron chi connectivity index (χ3n) is 14.5. The molecular formula is C66H126N2O7P+. The second-order valence-corrected chi connectivity index (χ2v) is 24.7. The molecule has 1 amide bonds. The minimum atomic E-state index is -4.45. The van der Waals surface area contributed by atoms with Gasteiger partial charge in [0.15, 0.2) is 0 Å². The summed E-state index contributed by atoms with van der Waals surface area (Å²) in [6.45, 7) is 7.00. The zero-order valence-electron chi connectivity index (χ0n) is 51.0. The molecule has 76 heavy (non-hydrogen) atoms. The first-order valence-corrected chi connectivity index (χ1v) is 34.0. The normalized spacial score (nSPS) is 13.9. The zero-order chi connectivity index (χ0) is 55.7. The average molecular weight is 1090 g/mol. The minimum absolute atomic E-state index is 0.0402. The van der Waals surface area contributed by atoms with Crippen molar-refractivity contribution in [1.29, 1.82) is 0 Å². The van der Waals surface area contributed by atoms with Gasteiger partial charge < -0.3 is 19.4 Å². The third kappa shape index (κ3) is 56.7. The zero-order valence-corrected chi connectivity index (χ0v) is 51.9. The average Bonchev–Trinajstić information content (AvgIpc) is 3.38. The van der Waals surface area contributed by atoms with Crippen molar-refractivity contribution in [2.24, 2.45) is 0 Å². The third-order valence-corrected chi connectivity index (χ3v) is 15.5. The molecule has 446 valence electrons. The van der Waals surface area contributed by atoms with Crippen molar-refractivity contribution < 1.29 is 37.3 Å². The van der Waals surface area contributed by atoms with E-state index in [-0.39, 0.29) is 25.1 Å². The Balaban J connectivity index is 5.14. The van der Waals surface area contributed by atoms with Crippen molar-refractivity contribution in [2.45, 2.75) is 322 Å².